The average molecular weight is 597 g/mol. The minimum absolute atomic E-state index is 0.0575. The summed E-state index contributed by atoms with van der Waals surface area (Å²) < 4.78 is 0. The van der Waals surface area contributed by atoms with Crippen molar-refractivity contribution in [3.05, 3.63) is 83.9 Å². The zero-order chi connectivity index (χ0) is 30.7. The SMILES string of the molecule is CCCCCc1ccc(C(=O)N(Cc2ccc(N3CCN(c4ccncc4)CC3)cc2)C2CCN(CCC(C)C)CC2)nc1. The van der Waals surface area contributed by atoms with Crippen molar-refractivity contribution in [1.29, 1.82) is 0 Å². The van der Waals surface area contributed by atoms with Gasteiger partial charge in [-0.15, -0.1) is 0 Å². The molecule has 2 aromatic heterocycles. The molecule has 0 saturated carbocycles. The van der Waals surface area contributed by atoms with E-state index in [-0.39, 0.29) is 11.9 Å². The smallest absolute Gasteiger partial charge is 0.272 e. The molecular formula is C37H52N6O. The van der Waals surface area contributed by atoms with Crippen LogP contribution < -0.4 is 9.80 Å². The van der Waals surface area contributed by atoms with Crippen LogP contribution in [-0.2, 0) is 13.0 Å². The van der Waals surface area contributed by atoms with E-state index >= 15 is 0 Å². The predicted molar refractivity (Wildman–Crippen MR) is 181 cm³/mol. The number of unbranched alkanes of at least 4 members (excludes halogenated alkanes) is 2. The van der Waals surface area contributed by atoms with Gasteiger partial charge in [0, 0.05) is 81.8 Å². The number of amides is 1. The Kier molecular flexibility index (Phi) is 11.6. The Balaban J connectivity index is 1.24. The maximum Gasteiger partial charge on any atom is 0.272 e. The number of hydrogen-bond acceptors (Lipinski definition) is 6. The number of nitrogens with zero attached hydrogens (tertiary/aromatic N) is 6. The Hall–Kier alpha value is -3.45. The molecule has 7 nitrogen and oxygen atoms in total. The molecule has 4 heterocycles. The molecule has 0 radical (unpaired) electrons. The fourth-order valence-electron chi connectivity index (χ4n) is 6.47. The molecular weight excluding hydrogens is 544 g/mol. The Morgan fingerprint density at radius 3 is 2.07 bits per heavy atom. The maximum absolute atomic E-state index is 14.0. The van der Waals surface area contributed by atoms with Gasteiger partial charge in [-0.1, -0.05) is 51.8 Å². The van der Waals surface area contributed by atoms with Crippen LogP contribution in [0, 0.1) is 5.92 Å². The molecule has 1 amide bonds. The van der Waals surface area contributed by atoms with E-state index in [2.05, 4.69) is 92.8 Å². The molecule has 0 N–H and O–H groups in total. The summed E-state index contributed by atoms with van der Waals surface area (Å²) >= 11 is 0. The number of aryl methyl sites for hydroxylation is 1. The molecule has 0 aliphatic carbocycles. The molecule has 0 spiro atoms. The van der Waals surface area contributed by atoms with Gasteiger partial charge in [0.15, 0.2) is 0 Å². The van der Waals surface area contributed by atoms with Gasteiger partial charge in [0.2, 0.25) is 0 Å². The Morgan fingerprint density at radius 1 is 0.841 bits per heavy atom. The van der Waals surface area contributed by atoms with Gasteiger partial charge in [-0.05, 0) is 86.0 Å². The van der Waals surface area contributed by atoms with Crippen molar-refractivity contribution in [2.75, 3.05) is 55.6 Å². The molecule has 5 rings (SSSR count). The fraction of sp³-hybridized carbons (Fsp3) is 0.541. The van der Waals surface area contributed by atoms with E-state index in [1.165, 1.54) is 48.2 Å². The van der Waals surface area contributed by atoms with Crippen molar-refractivity contribution in [2.24, 2.45) is 5.92 Å². The number of carbonyl (C=O) groups is 1. The summed E-state index contributed by atoms with van der Waals surface area (Å²) in [6.07, 6.45) is 13.5. The lowest BCUT2D eigenvalue weighted by Gasteiger charge is -2.39. The van der Waals surface area contributed by atoms with Crippen LogP contribution in [0.25, 0.3) is 0 Å². The van der Waals surface area contributed by atoms with E-state index in [4.69, 9.17) is 0 Å². The molecule has 2 aliphatic heterocycles. The average Bonchev–Trinajstić information content (AvgIpc) is 3.07. The maximum atomic E-state index is 14.0. The van der Waals surface area contributed by atoms with Crippen LogP contribution in [0.3, 0.4) is 0 Å². The number of carbonyl (C=O) groups excluding carboxylic acids is 1. The molecule has 7 heteroatoms. The summed E-state index contributed by atoms with van der Waals surface area (Å²) in [7, 11) is 0. The Labute approximate surface area is 265 Å². The van der Waals surface area contributed by atoms with Crippen LogP contribution in [0.1, 0.15) is 80.9 Å². The number of piperazine rings is 1. The molecule has 2 aliphatic rings. The van der Waals surface area contributed by atoms with Crippen LogP contribution in [0.2, 0.25) is 0 Å². The minimum atomic E-state index is 0.0575. The number of hydrogen-bond donors (Lipinski definition) is 0. The third kappa shape index (κ3) is 8.81. The van der Waals surface area contributed by atoms with Gasteiger partial charge in [-0.25, -0.2) is 0 Å². The number of likely N-dealkylation sites (tertiary alicyclic amines) is 1. The van der Waals surface area contributed by atoms with Crippen molar-refractivity contribution in [1.82, 2.24) is 19.8 Å². The zero-order valence-corrected chi connectivity index (χ0v) is 27.2. The molecule has 236 valence electrons. The number of anilines is 2. The Morgan fingerprint density at radius 2 is 1.48 bits per heavy atom. The molecule has 0 bridgehead atoms. The molecule has 44 heavy (non-hydrogen) atoms. The lowest BCUT2D eigenvalue weighted by Crippen LogP contribution is -2.47. The van der Waals surface area contributed by atoms with Gasteiger partial charge in [0.25, 0.3) is 5.91 Å². The molecule has 2 saturated heterocycles. The first kappa shape index (κ1) is 32.0. The van der Waals surface area contributed by atoms with E-state index in [0.717, 1.165) is 71.0 Å². The highest BCUT2D eigenvalue weighted by molar-refractivity contribution is 5.92. The van der Waals surface area contributed by atoms with Gasteiger partial charge in [0.1, 0.15) is 5.69 Å². The van der Waals surface area contributed by atoms with Crippen LogP contribution in [0.5, 0.6) is 0 Å². The second-order valence-corrected chi connectivity index (χ2v) is 13.0. The van der Waals surface area contributed by atoms with Crippen LogP contribution >= 0.6 is 0 Å². The third-order valence-corrected chi connectivity index (χ3v) is 9.36. The van der Waals surface area contributed by atoms with Crippen molar-refractivity contribution in [3.63, 3.8) is 0 Å². The third-order valence-electron chi connectivity index (χ3n) is 9.36. The van der Waals surface area contributed by atoms with Crippen molar-refractivity contribution in [3.8, 4) is 0 Å². The van der Waals surface area contributed by atoms with Crippen molar-refractivity contribution >= 4 is 17.3 Å². The molecule has 0 atom stereocenters. The predicted octanol–water partition coefficient (Wildman–Crippen LogP) is 6.69. The summed E-state index contributed by atoms with van der Waals surface area (Å²) in [6, 6.07) is 17.4. The molecule has 2 fully saturated rings. The number of piperidine rings is 1. The summed E-state index contributed by atoms with van der Waals surface area (Å²) in [4.78, 5) is 32.4. The number of pyridine rings is 2. The topological polar surface area (TPSA) is 55.8 Å². The fourth-order valence-corrected chi connectivity index (χ4v) is 6.47. The highest BCUT2D eigenvalue weighted by Crippen LogP contribution is 2.25. The first-order chi connectivity index (χ1) is 21.5. The normalized spacial score (nSPS) is 16.5. The number of rotatable bonds is 13. The van der Waals surface area contributed by atoms with Crippen molar-refractivity contribution < 1.29 is 4.79 Å². The van der Waals surface area contributed by atoms with E-state index in [1.54, 1.807) is 0 Å². The molecule has 1 aromatic carbocycles. The second kappa shape index (κ2) is 16.0. The highest BCUT2D eigenvalue weighted by Gasteiger charge is 2.29. The van der Waals surface area contributed by atoms with Crippen LogP contribution in [0.15, 0.2) is 67.1 Å². The van der Waals surface area contributed by atoms with Gasteiger partial charge < -0.3 is 19.6 Å². The first-order valence-electron chi connectivity index (χ1n) is 17.0. The van der Waals surface area contributed by atoms with E-state index in [9.17, 15) is 4.79 Å². The highest BCUT2D eigenvalue weighted by atomic mass is 16.2. The van der Waals surface area contributed by atoms with Gasteiger partial charge in [0.05, 0.1) is 0 Å². The zero-order valence-electron chi connectivity index (χ0n) is 27.2. The van der Waals surface area contributed by atoms with Crippen molar-refractivity contribution in [2.45, 2.75) is 78.3 Å². The molecule has 3 aromatic rings. The monoisotopic (exact) mass is 596 g/mol. The number of benzene rings is 1. The summed E-state index contributed by atoms with van der Waals surface area (Å²) in [5.74, 6) is 0.775. The lowest BCUT2D eigenvalue weighted by molar-refractivity contribution is 0.0540. The van der Waals surface area contributed by atoms with E-state index < -0.39 is 0 Å². The first-order valence-corrected chi connectivity index (χ1v) is 17.0. The van der Waals surface area contributed by atoms with Gasteiger partial charge in [-0.2, -0.15) is 0 Å². The van der Waals surface area contributed by atoms with Crippen LogP contribution in [0.4, 0.5) is 11.4 Å². The molecule has 0 unspecified atom stereocenters. The number of aromatic nitrogens is 2. The van der Waals surface area contributed by atoms with E-state index in [0.29, 0.717) is 12.2 Å². The van der Waals surface area contributed by atoms with E-state index in [1.807, 2.05) is 24.7 Å². The Bertz CT molecular complexity index is 1260. The lowest BCUT2D eigenvalue weighted by atomic mass is 10.00. The summed E-state index contributed by atoms with van der Waals surface area (Å²) in [5, 5.41) is 0. The largest absolute Gasteiger partial charge is 0.368 e. The summed E-state index contributed by atoms with van der Waals surface area (Å²) in [6.45, 7) is 14.6. The minimum Gasteiger partial charge on any atom is -0.368 e. The van der Waals surface area contributed by atoms with Gasteiger partial charge in [-0.3, -0.25) is 14.8 Å². The van der Waals surface area contributed by atoms with Crippen LogP contribution in [-0.4, -0.2) is 77.5 Å². The second-order valence-electron chi connectivity index (χ2n) is 13.0. The summed E-state index contributed by atoms with van der Waals surface area (Å²) in [5.41, 5.74) is 5.45. The quantitative estimate of drug-likeness (QED) is 0.205. The standard InChI is InChI=1S/C37H52N6O/c1-4-5-6-7-31-10-13-36(39-28-31)37(44)43(35-17-22-40(23-18-35)21-16-30(2)3)29-32-8-11-33(12-9-32)41-24-26-42(27-25-41)34-14-19-38-20-15-34/h8-15,19-20,28,30,35H,4-7,16-18,21-27,29H2,1-3H3. The van der Waals surface area contributed by atoms with Gasteiger partial charge >= 0.3 is 0 Å².